The largest absolute Gasteiger partial charge is 0.487 e. The highest BCUT2D eigenvalue weighted by atomic mass is 16.5. The molecule has 1 aromatic heterocycles. The van der Waals surface area contributed by atoms with Crippen LogP contribution in [-0.2, 0) is 9.53 Å². The molecule has 0 spiro atoms. The number of methoxy groups -OCH3 is 1. The van der Waals surface area contributed by atoms with Gasteiger partial charge in [0, 0.05) is 24.0 Å². The summed E-state index contributed by atoms with van der Waals surface area (Å²) in [4.78, 5) is 16.1. The Morgan fingerprint density at radius 3 is 3.00 bits per heavy atom. The van der Waals surface area contributed by atoms with Gasteiger partial charge in [-0.2, -0.15) is 0 Å². The number of fused-ring (bicyclic) bond motifs is 1. The number of pyridine rings is 1. The SMILES string of the molecule is COC(=O)[C@@H]1C[C@@H](Oc2cccc3ccc(C)nc23)CN1. The molecule has 1 fully saturated rings. The third kappa shape index (κ3) is 2.83. The number of hydrogen-bond acceptors (Lipinski definition) is 5. The van der Waals surface area contributed by atoms with Crippen LogP contribution in [0.1, 0.15) is 12.1 Å². The van der Waals surface area contributed by atoms with Gasteiger partial charge in [0.05, 0.1) is 7.11 Å². The van der Waals surface area contributed by atoms with Crippen LogP contribution in [0.5, 0.6) is 5.75 Å². The molecule has 110 valence electrons. The van der Waals surface area contributed by atoms with Crippen molar-refractivity contribution in [1.82, 2.24) is 10.3 Å². The van der Waals surface area contributed by atoms with E-state index in [1.54, 1.807) is 0 Å². The average molecular weight is 286 g/mol. The van der Waals surface area contributed by atoms with Gasteiger partial charge in [0.1, 0.15) is 23.4 Å². The van der Waals surface area contributed by atoms with Crippen molar-refractivity contribution in [3.63, 3.8) is 0 Å². The maximum absolute atomic E-state index is 11.5. The summed E-state index contributed by atoms with van der Waals surface area (Å²) in [7, 11) is 1.40. The fraction of sp³-hybridized carbons (Fsp3) is 0.375. The molecule has 2 atom stereocenters. The van der Waals surface area contributed by atoms with E-state index in [9.17, 15) is 4.79 Å². The molecule has 0 saturated carbocycles. The van der Waals surface area contributed by atoms with Gasteiger partial charge in [0.25, 0.3) is 0 Å². The summed E-state index contributed by atoms with van der Waals surface area (Å²) in [5.74, 6) is 0.515. The number of aromatic nitrogens is 1. The minimum Gasteiger partial charge on any atom is -0.487 e. The van der Waals surface area contributed by atoms with Crippen molar-refractivity contribution in [3.05, 3.63) is 36.0 Å². The second-order valence-electron chi connectivity index (χ2n) is 5.24. The van der Waals surface area contributed by atoms with E-state index in [2.05, 4.69) is 10.3 Å². The van der Waals surface area contributed by atoms with Gasteiger partial charge in [-0.15, -0.1) is 0 Å². The van der Waals surface area contributed by atoms with E-state index in [4.69, 9.17) is 9.47 Å². The topological polar surface area (TPSA) is 60.5 Å². The number of ether oxygens (including phenoxy) is 2. The van der Waals surface area contributed by atoms with E-state index in [1.807, 2.05) is 37.3 Å². The van der Waals surface area contributed by atoms with Crippen molar-refractivity contribution < 1.29 is 14.3 Å². The average Bonchev–Trinajstić information content (AvgIpc) is 2.95. The highest BCUT2D eigenvalue weighted by Gasteiger charge is 2.31. The van der Waals surface area contributed by atoms with Crippen LogP contribution in [0.25, 0.3) is 10.9 Å². The summed E-state index contributed by atoms with van der Waals surface area (Å²) < 4.78 is 10.8. The summed E-state index contributed by atoms with van der Waals surface area (Å²) >= 11 is 0. The standard InChI is InChI=1S/C16H18N2O3/c1-10-6-7-11-4-3-5-14(15(11)18-10)21-12-8-13(17-9-12)16(19)20-2/h3-7,12-13,17H,8-9H2,1-2H3/t12-,13+/m1/s1. The first-order valence-corrected chi connectivity index (χ1v) is 7.01. The van der Waals surface area contributed by atoms with Crippen LogP contribution >= 0.6 is 0 Å². The molecule has 1 aliphatic rings. The molecule has 5 heteroatoms. The number of nitrogens with zero attached hydrogens (tertiary/aromatic N) is 1. The zero-order valence-electron chi connectivity index (χ0n) is 12.1. The number of carbonyl (C=O) groups is 1. The number of carbonyl (C=O) groups excluding carboxylic acids is 1. The molecule has 0 amide bonds. The first-order valence-electron chi connectivity index (χ1n) is 7.01. The lowest BCUT2D eigenvalue weighted by molar-refractivity contribution is -0.142. The van der Waals surface area contributed by atoms with Gasteiger partial charge in [-0.3, -0.25) is 4.79 Å². The molecule has 1 aromatic carbocycles. The van der Waals surface area contributed by atoms with Crippen molar-refractivity contribution >= 4 is 16.9 Å². The zero-order chi connectivity index (χ0) is 14.8. The molecule has 21 heavy (non-hydrogen) atoms. The Morgan fingerprint density at radius 2 is 2.19 bits per heavy atom. The monoisotopic (exact) mass is 286 g/mol. The minimum absolute atomic E-state index is 0.0537. The lowest BCUT2D eigenvalue weighted by Gasteiger charge is -2.14. The van der Waals surface area contributed by atoms with Crippen molar-refractivity contribution in [2.75, 3.05) is 13.7 Å². The van der Waals surface area contributed by atoms with E-state index >= 15 is 0 Å². The molecule has 1 saturated heterocycles. The van der Waals surface area contributed by atoms with Crippen LogP contribution in [0.4, 0.5) is 0 Å². The van der Waals surface area contributed by atoms with Crippen LogP contribution in [0.15, 0.2) is 30.3 Å². The van der Waals surface area contributed by atoms with E-state index < -0.39 is 0 Å². The first-order chi connectivity index (χ1) is 10.2. The lowest BCUT2D eigenvalue weighted by Crippen LogP contribution is -2.31. The Hall–Kier alpha value is -2.14. The summed E-state index contributed by atoms with van der Waals surface area (Å²) in [6.07, 6.45) is 0.552. The van der Waals surface area contributed by atoms with Crippen LogP contribution < -0.4 is 10.1 Å². The normalized spacial score (nSPS) is 21.4. The maximum Gasteiger partial charge on any atom is 0.323 e. The predicted molar refractivity (Wildman–Crippen MR) is 79.3 cm³/mol. The Morgan fingerprint density at radius 1 is 1.33 bits per heavy atom. The van der Waals surface area contributed by atoms with Gasteiger partial charge < -0.3 is 14.8 Å². The predicted octanol–water partition coefficient (Wildman–Crippen LogP) is 1.83. The van der Waals surface area contributed by atoms with Gasteiger partial charge in [-0.05, 0) is 19.1 Å². The number of aryl methyl sites for hydroxylation is 1. The molecule has 2 heterocycles. The molecule has 1 N–H and O–H groups in total. The van der Waals surface area contributed by atoms with Gasteiger partial charge in [-0.25, -0.2) is 4.98 Å². The number of esters is 1. The first kappa shape index (κ1) is 13.8. The van der Waals surface area contributed by atoms with Gasteiger partial charge in [-0.1, -0.05) is 18.2 Å². The maximum atomic E-state index is 11.5. The molecule has 2 aromatic rings. The van der Waals surface area contributed by atoms with Gasteiger partial charge in [0.15, 0.2) is 0 Å². The highest BCUT2D eigenvalue weighted by molar-refractivity contribution is 5.84. The Kier molecular flexibility index (Phi) is 3.75. The Labute approximate surface area is 123 Å². The second-order valence-corrected chi connectivity index (χ2v) is 5.24. The van der Waals surface area contributed by atoms with Crippen molar-refractivity contribution in [1.29, 1.82) is 0 Å². The number of benzene rings is 1. The number of rotatable bonds is 3. The Bertz CT molecular complexity index is 672. The zero-order valence-corrected chi connectivity index (χ0v) is 12.1. The molecule has 0 radical (unpaired) electrons. The van der Waals surface area contributed by atoms with Crippen molar-refractivity contribution in [2.45, 2.75) is 25.5 Å². The fourth-order valence-electron chi connectivity index (χ4n) is 2.61. The van der Waals surface area contributed by atoms with Gasteiger partial charge in [0.2, 0.25) is 0 Å². The minimum atomic E-state index is -0.287. The molecule has 0 aliphatic carbocycles. The lowest BCUT2D eigenvalue weighted by atomic mass is 10.1. The molecule has 0 unspecified atom stereocenters. The quantitative estimate of drug-likeness (QED) is 0.872. The van der Waals surface area contributed by atoms with Gasteiger partial charge >= 0.3 is 5.97 Å². The molecule has 3 rings (SSSR count). The number of nitrogens with one attached hydrogen (secondary N) is 1. The Balaban J connectivity index is 1.80. The molecule has 1 aliphatic heterocycles. The summed E-state index contributed by atoms with van der Waals surface area (Å²) in [5, 5.41) is 4.17. The highest BCUT2D eigenvalue weighted by Crippen LogP contribution is 2.26. The van der Waals surface area contributed by atoms with Crippen LogP contribution in [-0.4, -0.2) is 36.8 Å². The van der Waals surface area contributed by atoms with E-state index in [0.717, 1.165) is 22.3 Å². The summed E-state index contributed by atoms with van der Waals surface area (Å²) in [5.41, 5.74) is 1.81. The number of hydrogen-bond donors (Lipinski definition) is 1. The third-order valence-electron chi connectivity index (χ3n) is 3.69. The molecule has 0 bridgehead atoms. The van der Waals surface area contributed by atoms with E-state index in [0.29, 0.717) is 13.0 Å². The molecular weight excluding hydrogens is 268 g/mol. The van der Waals surface area contributed by atoms with Crippen molar-refractivity contribution in [3.8, 4) is 5.75 Å². The van der Waals surface area contributed by atoms with Crippen molar-refractivity contribution in [2.24, 2.45) is 0 Å². The fourth-order valence-corrected chi connectivity index (χ4v) is 2.61. The second kappa shape index (κ2) is 5.69. The van der Waals surface area contributed by atoms with E-state index in [1.165, 1.54) is 7.11 Å². The van der Waals surface area contributed by atoms with Crippen LogP contribution in [0.2, 0.25) is 0 Å². The third-order valence-corrected chi connectivity index (χ3v) is 3.69. The summed E-state index contributed by atoms with van der Waals surface area (Å²) in [6.45, 7) is 2.59. The van der Waals surface area contributed by atoms with E-state index in [-0.39, 0.29) is 18.1 Å². The number of para-hydroxylation sites is 1. The van der Waals surface area contributed by atoms with Crippen LogP contribution in [0, 0.1) is 6.92 Å². The molecular formula is C16H18N2O3. The smallest absolute Gasteiger partial charge is 0.323 e. The van der Waals surface area contributed by atoms with Crippen LogP contribution in [0.3, 0.4) is 0 Å². The molecule has 5 nitrogen and oxygen atoms in total. The summed E-state index contributed by atoms with van der Waals surface area (Å²) in [6, 6.07) is 9.61.